The molecule has 0 saturated heterocycles. The maximum Gasteiger partial charge on any atom is 0.316 e. The molecule has 0 rings (SSSR count). The van der Waals surface area contributed by atoms with Gasteiger partial charge in [-0.15, -0.1) is 0 Å². The third kappa shape index (κ3) is 6.03. The summed E-state index contributed by atoms with van der Waals surface area (Å²) in [6.07, 6.45) is 0. The first kappa shape index (κ1) is 11.3. The van der Waals surface area contributed by atoms with Crippen molar-refractivity contribution in [3.8, 4) is 0 Å². The highest BCUT2D eigenvalue weighted by Gasteiger charge is 2.02. The van der Waals surface area contributed by atoms with Crippen molar-refractivity contribution < 1.29 is 9.53 Å². The van der Waals surface area contributed by atoms with Crippen molar-refractivity contribution in [3.63, 3.8) is 0 Å². The SMILES string of the molecule is CCOC(=O)CS/C(C)=N/NC. The van der Waals surface area contributed by atoms with E-state index in [4.69, 9.17) is 4.74 Å². The Morgan fingerprint density at radius 3 is 2.83 bits per heavy atom. The van der Waals surface area contributed by atoms with E-state index >= 15 is 0 Å². The monoisotopic (exact) mass is 190 g/mol. The minimum absolute atomic E-state index is 0.201. The molecule has 70 valence electrons. The van der Waals surface area contributed by atoms with E-state index in [-0.39, 0.29) is 5.97 Å². The van der Waals surface area contributed by atoms with Crippen molar-refractivity contribution >= 4 is 22.8 Å². The van der Waals surface area contributed by atoms with Crippen molar-refractivity contribution in [3.05, 3.63) is 0 Å². The van der Waals surface area contributed by atoms with Crippen LogP contribution in [0, 0.1) is 0 Å². The average Bonchev–Trinajstić information content (AvgIpc) is 2.02. The fraction of sp³-hybridized carbons (Fsp3) is 0.714. The van der Waals surface area contributed by atoms with E-state index in [1.165, 1.54) is 11.8 Å². The average molecular weight is 190 g/mol. The Labute approximate surface area is 76.7 Å². The first-order chi connectivity index (χ1) is 5.70. The van der Waals surface area contributed by atoms with Crippen molar-refractivity contribution in [2.24, 2.45) is 5.10 Å². The van der Waals surface area contributed by atoms with Crippen LogP contribution >= 0.6 is 11.8 Å². The number of esters is 1. The van der Waals surface area contributed by atoms with Gasteiger partial charge in [0.25, 0.3) is 0 Å². The zero-order valence-corrected chi connectivity index (χ0v) is 8.40. The summed E-state index contributed by atoms with van der Waals surface area (Å²) >= 11 is 1.36. The zero-order valence-electron chi connectivity index (χ0n) is 7.59. The lowest BCUT2D eigenvalue weighted by atomic mass is 10.8. The van der Waals surface area contributed by atoms with Gasteiger partial charge in [0.05, 0.1) is 17.4 Å². The van der Waals surface area contributed by atoms with E-state index in [1.54, 1.807) is 14.0 Å². The van der Waals surface area contributed by atoms with Gasteiger partial charge in [0, 0.05) is 7.05 Å². The quantitative estimate of drug-likeness (QED) is 0.309. The Morgan fingerprint density at radius 1 is 1.67 bits per heavy atom. The molecule has 0 aliphatic carbocycles. The third-order valence-electron chi connectivity index (χ3n) is 0.973. The van der Waals surface area contributed by atoms with Crippen LogP contribution in [0.4, 0.5) is 0 Å². The zero-order chi connectivity index (χ0) is 9.40. The van der Waals surface area contributed by atoms with E-state index in [1.807, 2.05) is 6.92 Å². The lowest BCUT2D eigenvalue weighted by Gasteiger charge is -2.00. The molecule has 1 N–H and O–H groups in total. The van der Waals surface area contributed by atoms with Crippen LogP contribution in [0.3, 0.4) is 0 Å². The molecule has 0 spiro atoms. The summed E-state index contributed by atoms with van der Waals surface area (Å²) in [7, 11) is 1.72. The predicted molar refractivity (Wildman–Crippen MR) is 51.3 cm³/mol. The molecule has 4 nitrogen and oxygen atoms in total. The molecular weight excluding hydrogens is 176 g/mol. The van der Waals surface area contributed by atoms with Gasteiger partial charge >= 0.3 is 5.97 Å². The summed E-state index contributed by atoms with van der Waals surface area (Å²) in [6.45, 7) is 4.05. The molecule has 0 heterocycles. The molecule has 0 bridgehead atoms. The van der Waals surface area contributed by atoms with Gasteiger partial charge in [0.2, 0.25) is 0 Å². The van der Waals surface area contributed by atoms with E-state index in [0.717, 1.165) is 5.04 Å². The number of hydrogen-bond donors (Lipinski definition) is 1. The lowest BCUT2D eigenvalue weighted by Crippen LogP contribution is -2.08. The van der Waals surface area contributed by atoms with Gasteiger partial charge < -0.3 is 10.2 Å². The van der Waals surface area contributed by atoms with Crippen LogP contribution in [0.2, 0.25) is 0 Å². The number of nitrogens with one attached hydrogen (secondary N) is 1. The normalized spacial score (nSPS) is 11.1. The topological polar surface area (TPSA) is 50.7 Å². The van der Waals surface area contributed by atoms with Crippen molar-refractivity contribution in [1.29, 1.82) is 0 Å². The molecule has 0 aromatic carbocycles. The van der Waals surface area contributed by atoms with Crippen LogP contribution in [0.5, 0.6) is 0 Å². The maximum atomic E-state index is 10.8. The van der Waals surface area contributed by atoms with Gasteiger partial charge in [-0.2, -0.15) is 5.10 Å². The molecule has 0 aliphatic rings. The Hall–Kier alpha value is -0.710. The van der Waals surface area contributed by atoms with Crippen LogP contribution in [0.1, 0.15) is 13.8 Å². The molecule has 0 aliphatic heterocycles. The fourth-order valence-electron chi connectivity index (χ4n) is 0.556. The highest BCUT2D eigenvalue weighted by Crippen LogP contribution is 2.03. The lowest BCUT2D eigenvalue weighted by molar-refractivity contribution is -0.139. The predicted octanol–water partition coefficient (Wildman–Crippen LogP) is 0.835. The number of carbonyl (C=O) groups is 1. The summed E-state index contributed by atoms with van der Waals surface area (Å²) < 4.78 is 4.74. The standard InChI is InChI=1S/C7H14N2O2S/c1-4-11-7(10)5-12-6(2)9-8-3/h8H,4-5H2,1-3H3/b9-6+. The highest BCUT2D eigenvalue weighted by molar-refractivity contribution is 8.14. The summed E-state index contributed by atoms with van der Waals surface area (Å²) in [4.78, 5) is 10.8. The first-order valence-corrected chi connectivity index (χ1v) is 4.68. The largest absolute Gasteiger partial charge is 0.465 e. The second-order valence-corrected chi connectivity index (χ2v) is 3.12. The Bertz CT molecular complexity index is 171. The molecule has 5 heteroatoms. The van der Waals surface area contributed by atoms with Gasteiger partial charge in [-0.3, -0.25) is 4.79 Å². The molecule has 12 heavy (non-hydrogen) atoms. The second-order valence-electron chi connectivity index (χ2n) is 1.95. The van der Waals surface area contributed by atoms with Gasteiger partial charge in [0.15, 0.2) is 0 Å². The number of carbonyl (C=O) groups excluding carboxylic acids is 1. The number of rotatable bonds is 4. The first-order valence-electron chi connectivity index (χ1n) is 3.70. The molecule has 0 unspecified atom stereocenters. The molecule has 0 atom stereocenters. The summed E-state index contributed by atoms with van der Waals surface area (Å²) in [5.41, 5.74) is 2.64. The minimum atomic E-state index is -0.201. The molecular formula is C7H14N2O2S. The van der Waals surface area contributed by atoms with E-state index in [0.29, 0.717) is 12.4 Å². The molecule has 0 radical (unpaired) electrons. The Kier molecular flexibility index (Phi) is 6.55. The van der Waals surface area contributed by atoms with E-state index < -0.39 is 0 Å². The van der Waals surface area contributed by atoms with Crippen molar-refractivity contribution in [2.75, 3.05) is 19.4 Å². The Morgan fingerprint density at radius 2 is 2.33 bits per heavy atom. The van der Waals surface area contributed by atoms with Crippen LogP contribution < -0.4 is 5.43 Å². The van der Waals surface area contributed by atoms with E-state index in [9.17, 15) is 4.79 Å². The summed E-state index contributed by atoms with van der Waals surface area (Å²) in [5, 5.41) is 4.70. The molecule has 0 aromatic rings. The number of hydrogen-bond acceptors (Lipinski definition) is 5. The molecule has 0 amide bonds. The van der Waals surface area contributed by atoms with Gasteiger partial charge in [0.1, 0.15) is 0 Å². The minimum Gasteiger partial charge on any atom is -0.465 e. The van der Waals surface area contributed by atoms with Gasteiger partial charge in [-0.05, 0) is 13.8 Å². The van der Waals surface area contributed by atoms with Crippen molar-refractivity contribution in [1.82, 2.24) is 5.43 Å². The number of hydrazone groups is 1. The van der Waals surface area contributed by atoms with Crippen LogP contribution in [-0.2, 0) is 9.53 Å². The molecule has 0 aromatic heterocycles. The Balaban J connectivity index is 3.53. The maximum absolute atomic E-state index is 10.8. The third-order valence-corrected chi connectivity index (χ3v) is 1.86. The smallest absolute Gasteiger partial charge is 0.316 e. The number of thioether (sulfide) groups is 1. The summed E-state index contributed by atoms with van der Waals surface area (Å²) in [6, 6.07) is 0. The molecule has 0 saturated carbocycles. The highest BCUT2D eigenvalue weighted by atomic mass is 32.2. The second kappa shape index (κ2) is 6.97. The number of ether oxygens (including phenoxy) is 1. The summed E-state index contributed by atoms with van der Waals surface area (Å²) in [5.74, 6) is 0.123. The van der Waals surface area contributed by atoms with Crippen molar-refractivity contribution in [2.45, 2.75) is 13.8 Å². The van der Waals surface area contributed by atoms with Gasteiger partial charge in [-0.25, -0.2) is 0 Å². The molecule has 0 fully saturated rings. The number of nitrogens with zero attached hydrogens (tertiary/aromatic N) is 1. The van der Waals surface area contributed by atoms with E-state index in [2.05, 4.69) is 10.5 Å². The van der Waals surface area contributed by atoms with Gasteiger partial charge in [-0.1, -0.05) is 11.8 Å². The fourth-order valence-corrected chi connectivity index (χ4v) is 1.12. The van der Waals surface area contributed by atoms with Crippen LogP contribution in [0.15, 0.2) is 5.10 Å². The van der Waals surface area contributed by atoms with Crippen LogP contribution in [0.25, 0.3) is 0 Å². The van der Waals surface area contributed by atoms with Crippen LogP contribution in [-0.4, -0.2) is 30.4 Å².